The summed E-state index contributed by atoms with van der Waals surface area (Å²) in [5, 5.41) is 4.23. The van der Waals surface area contributed by atoms with Crippen molar-refractivity contribution in [2.24, 2.45) is 0 Å². The van der Waals surface area contributed by atoms with E-state index < -0.39 is 0 Å². The maximum Gasteiger partial charge on any atom is 0.0454 e. The molecule has 0 aromatic heterocycles. The van der Waals surface area contributed by atoms with Gasteiger partial charge in [0, 0.05) is 18.1 Å². The smallest absolute Gasteiger partial charge is 0.0454 e. The first-order valence-corrected chi connectivity index (χ1v) is 4.70. The van der Waals surface area contributed by atoms with Crippen LogP contribution < -0.4 is 5.32 Å². The van der Waals surface area contributed by atoms with E-state index in [1.807, 2.05) is 6.07 Å². The third kappa shape index (κ3) is 1.13. The highest BCUT2D eigenvalue weighted by molar-refractivity contribution is 6.31. The lowest BCUT2D eigenvalue weighted by Gasteiger charge is -2.06. The lowest BCUT2D eigenvalue weighted by atomic mass is 10.0. The molecule has 1 aromatic carbocycles. The zero-order chi connectivity index (χ0) is 8.55. The van der Waals surface area contributed by atoms with Gasteiger partial charge in [-0.25, -0.2) is 0 Å². The van der Waals surface area contributed by atoms with Gasteiger partial charge in [-0.1, -0.05) is 24.6 Å². The highest BCUT2D eigenvalue weighted by Crippen LogP contribution is 2.27. The molecule has 64 valence electrons. The molecular formula is C10H12ClN. The van der Waals surface area contributed by atoms with E-state index in [0.717, 1.165) is 24.5 Å². The summed E-state index contributed by atoms with van der Waals surface area (Å²) in [6.45, 7) is 4.10. The van der Waals surface area contributed by atoms with Crippen molar-refractivity contribution in [3.05, 3.63) is 33.8 Å². The average molecular weight is 182 g/mol. The highest BCUT2D eigenvalue weighted by Gasteiger charge is 2.15. The maximum absolute atomic E-state index is 6.06. The van der Waals surface area contributed by atoms with Gasteiger partial charge in [0.2, 0.25) is 0 Å². The first-order chi connectivity index (χ1) is 5.83. The highest BCUT2D eigenvalue weighted by atomic mass is 35.5. The summed E-state index contributed by atoms with van der Waals surface area (Å²) in [6.07, 6.45) is 1.10. The van der Waals surface area contributed by atoms with Gasteiger partial charge in [-0.3, -0.25) is 0 Å². The Morgan fingerprint density at radius 2 is 2.08 bits per heavy atom. The molecule has 0 aliphatic carbocycles. The van der Waals surface area contributed by atoms with Crippen LogP contribution in [-0.4, -0.2) is 0 Å². The van der Waals surface area contributed by atoms with Crippen LogP contribution in [-0.2, 0) is 19.5 Å². The van der Waals surface area contributed by atoms with E-state index in [0.29, 0.717) is 0 Å². The first-order valence-electron chi connectivity index (χ1n) is 4.32. The third-order valence-corrected chi connectivity index (χ3v) is 2.81. The minimum Gasteiger partial charge on any atom is -0.309 e. The molecule has 0 unspecified atom stereocenters. The zero-order valence-corrected chi connectivity index (χ0v) is 7.91. The molecule has 0 radical (unpaired) electrons. The summed E-state index contributed by atoms with van der Waals surface area (Å²) in [7, 11) is 0. The van der Waals surface area contributed by atoms with E-state index in [-0.39, 0.29) is 0 Å². The number of aryl methyl sites for hydroxylation is 1. The lowest BCUT2D eigenvalue weighted by molar-refractivity contribution is 0.762. The number of hydrogen-bond acceptors (Lipinski definition) is 1. The number of benzene rings is 1. The van der Waals surface area contributed by atoms with Crippen molar-refractivity contribution in [3.63, 3.8) is 0 Å². The SMILES string of the molecule is CCc1ccc(Cl)c2c1CNC2. The molecule has 2 heteroatoms. The summed E-state index contributed by atoms with van der Waals surface area (Å²) in [5.74, 6) is 0. The molecule has 1 nitrogen and oxygen atoms in total. The topological polar surface area (TPSA) is 12.0 Å². The summed E-state index contributed by atoms with van der Waals surface area (Å²) < 4.78 is 0. The Kier molecular flexibility index (Phi) is 2.07. The van der Waals surface area contributed by atoms with Crippen molar-refractivity contribution in [3.8, 4) is 0 Å². The quantitative estimate of drug-likeness (QED) is 0.702. The van der Waals surface area contributed by atoms with Crippen LogP contribution in [0, 0.1) is 0 Å². The van der Waals surface area contributed by atoms with Crippen molar-refractivity contribution in [2.45, 2.75) is 26.4 Å². The molecule has 1 aliphatic rings. The van der Waals surface area contributed by atoms with Gasteiger partial charge < -0.3 is 5.32 Å². The van der Waals surface area contributed by atoms with Crippen LogP contribution in [0.15, 0.2) is 12.1 Å². The number of fused-ring (bicyclic) bond motifs is 1. The molecule has 2 rings (SSSR count). The lowest BCUT2D eigenvalue weighted by Crippen LogP contribution is -2.00. The fraction of sp³-hybridized carbons (Fsp3) is 0.400. The van der Waals surface area contributed by atoms with Gasteiger partial charge in [0.25, 0.3) is 0 Å². The van der Waals surface area contributed by atoms with E-state index in [9.17, 15) is 0 Å². The predicted molar refractivity (Wildman–Crippen MR) is 51.4 cm³/mol. The first kappa shape index (κ1) is 8.09. The van der Waals surface area contributed by atoms with Gasteiger partial charge in [-0.15, -0.1) is 0 Å². The summed E-state index contributed by atoms with van der Waals surface area (Å²) in [5.41, 5.74) is 4.15. The fourth-order valence-electron chi connectivity index (χ4n) is 1.77. The van der Waals surface area contributed by atoms with E-state index in [4.69, 9.17) is 11.6 Å². The molecule has 0 amide bonds. The van der Waals surface area contributed by atoms with Crippen LogP contribution in [0.1, 0.15) is 23.6 Å². The molecule has 0 saturated heterocycles. The minimum absolute atomic E-state index is 0.909. The molecule has 0 fully saturated rings. The van der Waals surface area contributed by atoms with Crippen LogP contribution in [0.2, 0.25) is 5.02 Å². The predicted octanol–water partition coefficient (Wildman–Crippen LogP) is 2.51. The van der Waals surface area contributed by atoms with Crippen molar-refractivity contribution >= 4 is 11.6 Å². The molecular weight excluding hydrogens is 170 g/mol. The third-order valence-electron chi connectivity index (χ3n) is 2.46. The van der Waals surface area contributed by atoms with Crippen molar-refractivity contribution in [1.82, 2.24) is 5.32 Å². The van der Waals surface area contributed by atoms with Crippen molar-refractivity contribution < 1.29 is 0 Å². The Morgan fingerprint density at radius 1 is 1.33 bits per heavy atom. The van der Waals surface area contributed by atoms with Gasteiger partial charge >= 0.3 is 0 Å². The maximum atomic E-state index is 6.06. The number of halogens is 1. The average Bonchev–Trinajstić information content (AvgIpc) is 2.54. The van der Waals surface area contributed by atoms with Gasteiger partial charge in [0.1, 0.15) is 0 Å². The van der Waals surface area contributed by atoms with Gasteiger partial charge in [0.15, 0.2) is 0 Å². The van der Waals surface area contributed by atoms with Crippen molar-refractivity contribution in [1.29, 1.82) is 0 Å². The Balaban J connectivity index is 2.57. The summed E-state index contributed by atoms with van der Waals surface area (Å²) in [6, 6.07) is 4.14. The van der Waals surface area contributed by atoms with Crippen LogP contribution in [0.5, 0.6) is 0 Å². The van der Waals surface area contributed by atoms with Crippen LogP contribution in [0.4, 0.5) is 0 Å². The number of hydrogen-bond donors (Lipinski definition) is 1. The molecule has 12 heavy (non-hydrogen) atoms. The second-order valence-electron chi connectivity index (χ2n) is 3.12. The molecule has 0 atom stereocenters. The Bertz CT molecular complexity index is 307. The van der Waals surface area contributed by atoms with Gasteiger partial charge in [0.05, 0.1) is 0 Å². The number of nitrogens with one attached hydrogen (secondary N) is 1. The van der Waals surface area contributed by atoms with Crippen LogP contribution in [0.25, 0.3) is 0 Å². The van der Waals surface area contributed by atoms with Crippen LogP contribution >= 0.6 is 11.6 Å². The van der Waals surface area contributed by atoms with Gasteiger partial charge in [-0.05, 0) is 29.2 Å². The summed E-state index contributed by atoms with van der Waals surface area (Å²) in [4.78, 5) is 0. The molecule has 0 bridgehead atoms. The largest absolute Gasteiger partial charge is 0.309 e. The van der Waals surface area contributed by atoms with E-state index in [2.05, 4.69) is 18.3 Å². The molecule has 1 aliphatic heterocycles. The van der Waals surface area contributed by atoms with E-state index >= 15 is 0 Å². The molecule has 0 spiro atoms. The Labute approximate surface area is 77.7 Å². The molecule has 1 heterocycles. The Morgan fingerprint density at radius 3 is 2.83 bits per heavy atom. The van der Waals surface area contributed by atoms with Crippen molar-refractivity contribution in [2.75, 3.05) is 0 Å². The van der Waals surface area contributed by atoms with Crippen LogP contribution in [0.3, 0.4) is 0 Å². The fourth-order valence-corrected chi connectivity index (χ4v) is 2.01. The van der Waals surface area contributed by atoms with E-state index in [1.54, 1.807) is 0 Å². The summed E-state index contributed by atoms with van der Waals surface area (Å²) >= 11 is 6.06. The van der Waals surface area contributed by atoms with Gasteiger partial charge in [-0.2, -0.15) is 0 Å². The molecule has 1 aromatic rings. The Hall–Kier alpha value is -0.530. The monoisotopic (exact) mass is 181 g/mol. The standard InChI is InChI=1S/C10H12ClN/c1-2-7-3-4-10(11)9-6-12-5-8(7)9/h3-4,12H,2,5-6H2,1H3. The van der Waals surface area contributed by atoms with E-state index in [1.165, 1.54) is 16.7 Å². The molecule has 0 saturated carbocycles. The molecule has 1 N–H and O–H groups in total. The second kappa shape index (κ2) is 3.08. The second-order valence-corrected chi connectivity index (χ2v) is 3.53. The normalized spacial score (nSPS) is 14.8. The number of rotatable bonds is 1. The zero-order valence-electron chi connectivity index (χ0n) is 7.15. The minimum atomic E-state index is 0.909.